The third-order valence-corrected chi connectivity index (χ3v) is 4.30. The summed E-state index contributed by atoms with van der Waals surface area (Å²) < 4.78 is 22.6. The van der Waals surface area contributed by atoms with Crippen LogP contribution in [0.2, 0.25) is 0 Å². The zero-order valence-electron chi connectivity index (χ0n) is 14.2. The van der Waals surface area contributed by atoms with Crippen LogP contribution in [0.3, 0.4) is 0 Å². The van der Waals surface area contributed by atoms with Crippen LogP contribution in [0.1, 0.15) is 19.5 Å². The van der Waals surface area contributed by atoms with E-state index >= 15 is 0 Å². The first-order valence-electron chi connectivity index (χ1n) is 6.58. The van der Waals surface area contributed by atoms with Crippen LogP contribution in [-0.2, 0) is 27.4 Å². The number of hydrogen-bond donors (Lipinski definition) is 0. The summed E-state index contributed by atoms with van der Waals surface area (Å²) in [5.41, 5.74) is 2.26. The summed E-state index contributed by atoms with van der Waals surface area (Å²) in [5, 5.41) is 0. The van der Waals surface area contributed by atoms with Crippen LogP contribution in [0.15, 0.2) is 16.6 Å². The van der Waals surface area contributed by atoms with Crippen molar-refractivity contribution in [1.29, 1.82) is 0 Å². The quantitative estimate of drug-likeness (QED) is 0.647. The minimum absolute atomic E-state index is 0. The summed E-state index contributed by atoms with van der Waals surface area (Å²) in [5.74, 6) is 0.848. The molecule has 1 aliphatic heterocycles. The third-order valence-electron chi connectivity index (χ3n) is 3.28. The predicted molar refractivity (Wildman–Crippen MR) is 81.1 cm³/mol. The van der Waals surface area contributed by atoms with Gasteiger partial charge in [0.1, 0.15) is 5.75 Å². The zero-order chi connectivity index (χ0) is 14.6. The van der Waals surface area contributed by atoms with Crippen LogP contribution in [-0.4, -0.2) is 34.0 Å². The maximum Gasteiger partial charge on any atom is 1.00 e. The normalized spacial score (nSPS) is 16.0. The smallest absolute Gasteiger partial charge is 1.00 e. The van der Waals surface area contributed by atoms with Gasteiger partial charge in [-0.25, -0.2) is 0 Å². The Bertz CT molecular complexity index is 442. The van der Waals surface area contributed by atoms with E-state index in [0.29, 0.717) is 19.8 Å². The van der Waals surface area contributed by atoms with Crippen molar-refractivity contribution in [3.8, 4) is 5.75 Å². The van der Waals surface area contributed by atoms with Gasteiger partial charge in [-0.1, -0.05) is 22.9 Å². The molecule has 0 N–H and O–H groups in total. The Labute approximate surface area is 158 Å². The molecule has 1 saturated heterocycles. The molecule has 1 aromatic carbocycles. The largest absolute Gasteiger partial charge is 1.00 e. The molecule has 1 aromatic rings. The van der Waals surface area contributed by atoms with E-state index in [9.17, 15) is 0 Å². The van der Waals surface area contributed by atoms with E-state index < -0.39 is 0 Å². The first kappa shape index (κ1) is 19.4. The van der Waals surface area contributed by atoms with E-state index in [2.05, 4.69) is 22.9 Å². The standard InChI is InChI=1S/C15H21BrO4.Na.H/c1-15(8-19-9-15)10-20-13-4-11(6-17-2)14(16)12(5-13)7-18-3;;/h4-5H,6-10H2,1-3H3;;/q;+1;-1. The fraction of sp³-hybridized carbons (Fsp3) is 0.600. The Balaban J connectivity index is 0.00000220. The van der Waals surface area contributed by atoms with Crippen molar-refractivity contribution in [3.05, 3.63) is 27.7 Å². The first-order valence-corrected chi connectivity index (χ1v) is 7.37. The van der Waals surface area contributed by atoms with Crippen LogP contribution < -0.4 is 34.3 Å². The number of rotatable bonds is 7. The van der Waals surface area contributed by atoms with Crippen molar-refractivity contribution < 1.29 is 49.9 Å². The molecule has 0 atom stereocenters. The summed E-state index contributed by atoms with van der Waals surface area (Å²) in [6.07, 6.45) is 0. The Morgan fingerprint density at radius 2 is 1.71 bits per heavy atom. The van der Waals surface area contributed by atoms with E-state index in [1.165, 1.54) is 0 Å². The molecule has 0 amide bonds. The summed E-state index contributed by atoms with van der Waals surface area (Å²) >= 11 is 3.60. The molecule has 1 aliphatic rings. The van der Waals surface area contributed by atoms with Crippen molar-refractivity contribution in [2.45, 2.75) is 20.1 Å². The monoisotopic (exact) mass is 368 g/mol. The van der Waals surface area contributed by atoms with Gasteiger partial charge in [0, 0.05) is 24.1 Å². The molecule has 0 aliphatic carbocycles. The van der Waals surface area contributed by atoms with E-state index in [-0.39, 0.29) is 36.4 Å². The second-order valence-corrected chi connectivity index (χ2v) is 6.31. The number of hydrogen-bond acceptors (Lipinski definition) is 4. The first-order chi connectivity index (χ1) is 9.58. The van der Waals surface area contributed by atoms with Crippen molar-refractivity contribution in [2.24, 2.45) is 5.41 Å². The van der Waals surface area contributed by atoms with Gasteiger partial charge in [0.2, 0.25) is 0 Å². The van der Waals surface area contributed by atoms with Crippen LogP contribution in [0.4, 0.5) is 0 Å². The molecule has 0 spiro atoms. The third kappa shape index (κ3) is 5.20. The molecule has 0 bridgehead atoms. The van der Waals surface area contributed by atoms with Gasteiger partial charge in [0.25, 0.3) is 0 Å². The average Bonchev–Trinajstić information content (AvgIpc) is 2.39. The molecule has 1 fully saturated rings. The molecule has 0 saturated carbocycles. The van der Waals surface area contributed by atoms with Crippen LogP contribution >= 0.6 is 15.9 Å². The molecule has 114 valence electrons. The van der Waals surface area contributed by atoms with Crippen molar-refractivity contribution >= 4 is 15.9 Å². The van der Waals surface area contributed by atoms with Crippen molar-refractivity contribution in [1.82, 2.24) is 0 Å². The number of halogens is 1. The number of ether oxygens (including phenoxy) is 4. The van der Waals surface area contributed by atoms with Gasteiger partial charge in [-0.05, 0) is 23.3 Å². The topological polar surface area (TPSA) is 36.9 Å². The minimum Gasteiger partial charge on any atom is -1.00 e. The Morgan fingerprint density at radius 1 is 1.19 bits per heavy atom. The molecule has 0 aromatic heterocycles. The predicted octanol–water partition coefficient (Wildman–Crippen LogP) is 0.274. The van der Waals surface area contributed by atoms with Gasteiger partial charge in [-0.15, -0.1) is 0 Å². The average molecular weight is 369 g/mol. The van der Waals surface area contributed by atoms with Crippen molar-refractivity contribution in [3.63, 3.8) is 0 Å². The molecular formula is C15H22BrNaO4. The van der Waals surface area contributed by atoms with E-state index in [1.807, 2.05) is 12.1 Å². The van der Waals surface area contributed by atoms with Crippen LogP contribution in [0.25, 0.3) is 0 Å². The summed E-state index contributed by atoms with van der Waals surface area (Å²) in [6.45, 7) is 5.43. The number of benzene rings is 1. The summed E-state index contributed by atoms with van der Waals surface area (Å²) in [6, 6.07) is 4.02. The second kappa shape index (κ2) is 8.87. The number of methoxy groups -OCH3 is 2. The van der Waals surface area contributed by atoms with Gasteiger partial charge in [0.05, 0.1) is 33.0 Å². The molecule has 0 radical (unpaired) electrons. The summed E-state index contributed by atoms with van der Waals surface area (Å²) in [7, 11) is 3.37. The van der Waals surface area contributed by atoms with Gasteiger partial charge < -0.3 is 20.4 Å². The Hall–Kier alpha value is 0.380. The van der Waals surface area contributed by atoms with E-state index in [0.717, 1.165) is 34.6 Å². The summed E-state index contributed by atoms with van der Waals surface area (Å²) in [4.78, 5) is 0. The van der Waals surface area contributed by atoms with Gasteiger partial charge >= 0.3 is 29.6 Å². The second-order valence-electron chi connectivity index (χ2n) is 5.51. The zero-order valence-corrected chi connectivity index (χ0v) is 16.8. The van der Waals surface area contributed by atoms with Crippen LogP contribution in [0.5, 0.6) is 5.75 Å². The molecule has 0 unspecified atom stereocenters. The van der Waals surface area contributed by atoms with Gasteiger partial charge in [-0.2, -0.15) is 0 Å². The van der Waals surface area contributed by atoms with Gasteiger partial charge in [0.15, 0.2) is 0 Å². The fourth-order valence-electron chi connectivity index (χ4n) is 2.11. The molecule has 1 heterocycles. The molecular weight excluding hydrogens is 347 g/mol. The molecule has 2 rings (SSSR count). The minimum atomic E-state index is 0. The van der Waals surface area contributed by atoms with Crippen LogP contribution in [0, 0.1) is 5.41 Å². The maximum atomic E-state index is 5.93. The maximum absolute atomic E-state index is 5.93. The van der Waals surface area contributed by atoms with Crippen molar-refractivity contribution in [2.75, 3.05) is 34.0 Å². The molecule has 4 nitrogen and oxygen atoms in total. The van der Waals surface area contributed by atoms with E-state index in [4.69, 9.17) is 18.9 Å². The Morgan fingerprint density at radius 3 is 2.10 bits per heavy atom. The van der Waals surface area contributed by atoms with Gasteiger partial charge in [-0.3, -0.25) is 0 Å². The molecule has 6 heteroatoms. The van der Waals surface area contributed by atoms with E-state index in [1.54, 1.807) is 14.2 Å². The SMILES string of the molecule is COCc1cc(OCC2(C)COC2)cc(COC)c1Br.[H-].[Na+]. The Kier molecular flexibility index (Phi) is 8.20. The fourth-order valence-corrected chi connectivity index (χ4v) is 2.57. The molecule has 21 heavy (non-hydrogen) atoms.